The lowest BCUT2D eigenvalue weighted by Crippen LogP contribution is -2.17. The minimum Gasteiger partial charge on any atom is -0.493 e. The third-order valence-corrected chi connectivity index (χ3v) is 5.87. The average Bonchev–Trinajstić information content (AvgIpc) is 3.34. The Bertz CT molecular complexity index is 1320. The van der Waals surface area contributed by atoms with Crippen molar-refractivity contribution in [2.24, 2.45) is 5.10 Å². The summed E-state index contributed by atoms with van der Waals surface area (Å²) in [6, 6.07) is 20.9. The molecule has 0 aliphatic heterocycles. The van der Waals surface area contributed by atoms with Crippen LogP contribution in [0, 0.1) is 6.92 Å². The summed E-state index contributed by atoms with van der Waals surface area (Å²) >= 11 is 1.53. The number of amides is 1. The number of nitrogens with zero attached hydrogens (tertiary/aromatic N) is 2. The second-order valence-corrected chi connectivity index (χ2v) is 8.51. The highest BCUT2D eigenvalue weighted by molar-refractivity contribution is 7.14. The molecule has 0 aliphatic carbocycles. The number of hydrogen-bond donors (Lipinski definition) is 2. The number of hydrazone groups is 1. The number of nitrogens with one attached hydrogen (secondary N) is 2. The number of carbonyl (C=O) groups is 1. The third kappa shape index (κ3) is 6.24. The molecule has 0 atom stereocenters. The molecule has 35 heavy (non-hydrogen) atoms. The van der Waals surface area contributed by atoms with Crippen LogP contribution in [-0.4, -0.2) is 30.8 Å². The van der Waals surface area contributed by atoms with Gasteiger partial charge in [0.15, 0.2) is 16.6 Å². The van der Waals surface area contributed by atoms with Crippen LogP contribution >= 0.6 is 11.3 Å². The molecule has 178 valence electrons. The molecule has 3 aromatic carbocycles. The van der Waals surface area contributed by atoms with Crippen molar-refractivity contribution >= 4 is 34.3 Å². The normalized spacial score (nSPS) is 10.8. The number of aryl methyl sites for hydroxylation is 1. The second kappa shape index (κ2) is 11.3. The summed E-state index contributed by atoms with van der Waals surface area (Å²) in [6.07, 6.45) is 1.56. The van der Waals surface area contributed by atoms with E-state index in [1.54, 1.807) is 31.5 Å². The third-order valence-electron chi connectivity index (χ3n) is 5.12. The van der Waals surface area contributed by atoms with Gasteiger partial charge in [0.1, 0.15) is 0 Å². The Labute approximate surface area is 208 Å². The molecule has 0 spiro atoms. The van der Waals surface area contributed by atoms with Gasteiger partial charge in [0.25, 0.3) is 5.91 Å². The Kier molecular flexibility index (Phi) is 7.74. The van der Waals surface area contributed by atoms with Gasteiger partial charge in [-0.05, 0) is 61.9 Å². The summed E-state index contributed by atoms with van der Waals surface area (Å²) in [5.41, 5.74) is 7.82. The summed E-state index contributed by atoms with van der Waals surface area (Å²) < 4.78 is 10.8. The van der Waals surface area contributed by atoms with E-state index in [9.17, 15) is 4.79 Å². The number of aromatic nitrogens is 1. The van der Waals surface area contributed by atoms with Crippen molar-refractivity contribution in [1.82, 2.24) is 10.4 Å². The second-order valence-electron chi connectivity index (χ2n) is 7.65. The van der Waals surface area contributed by atoms with Crippen LogP contribution in [0.4, 0.5) is 10.8 Å². The van der Waals surface area contributed by atoms with E-state index in [1.807, 2.05) is 48.7 Å². The Hall–Kier alpha value is -4.17. The van der Waals surface area contributed by atoms with Crippen LogP contribution in [0.1, 0.15) is 28.4 Å². The minimum atomic E-state index is -0.300. The summed E-state index contributed by atoms with van der Waals surface area (Å²) in [5, 5.41) is 10.2. The first-order chi connectivity index (χ1) is 17.1. The van der Waals surface area contributed by atoms with Gasteiger partial charge in [-0.3, -0.25) is 4.79 Å². The molecule has 0 bridgehead atoms. The fourth-order valence-corrected chi connectivity index (χ4v) is 4.03. The van der Waals surface area contributed by atoms with E-state index >= 15 is 0 Å². The van der Waals surface area contributed by atoms with Gasteiger partial charge < -0.3 is 14.8 Å². The number of hydrogen-bond acceptors (Lipinski definition) is 7. The molecule has 4 aromatic rings. The molecule has 2 N–H and O–H groups in total. The van der Waals surface area contributed by atoms with Crippen LogP contribution < -0.4 is 20.2 Å². The Balaban J connectivity index is 1.36. The largest absolute Gasteiger partial charge is 0.493 e. The highest BCUT2D eigenvalue weighted by Gasteiger charge is 2.09. The number of benzene rings is 3. The van der Waals surface area contributed by atoms with Crippen molar-refractivity contribution in [2.45, 2.75) is 13.8 Å². The van der Waals surface area contributed by atoms with E-state index in [4.69, 9.17) is 9.47 Å². The maximum Gasteiger partial charge on any atom is 0.271 e. The van der Waals surface area contributed by atoms with E-state index in [1.165, 1.54) is 16.9 Å². The number of carbonyl (C=O) groups excluding carboxylic acids is 1. The summed E-state index contributed by atoms with van der Waals surface area (Å²) in [5.74, 6) is 0.970. The first-order valence-corrected chi connectivity index (χ1v) is 12.0. The van der Waals surface area contributed by atoms with E-state index in [-0.39, 0.29) is 5.91 Å². The van der Waals surface area contributed by atoms with Crippen LogP contribution in [0.2, 0.25) is 0 Å². The van der Waals surface area contributed by atoms with E-state index in [0.29, 0.717) is 23.7 Å². The zero-order valence-electron chi connectivity index (χ0n) is 19.7. The number of anilines is 2. The van der Waals surface area contributed by atoms with Gasteiger partial charge in [-0.1, -0.05) is 29.8 Å². The van der Waals surface area contributed by atoms with Crippen LogP contribution in [-0.2, 0) is 0 Å². The molecule has 0 unspecified atom stereocenters. The predicted octanol–water partition coefficient (Wildman–Crippen LogP) is 6.03. The molecule has 1 amide bonds. The standard InChI is InChI=1S/C27H26N4O3S/c1-4-34-25-15-19(7-14-24(25)33-3)16-28-31-26(32)21-10-8-20(9-11-21)23-17-35-27(30-23)29-22-12-5-18(2)6-13-22/h5-17H,4H2,1-3H3,(H,29,30)(H,31,32). The monoisotopic (exact) mass is 486 g/mol. The lowest BCUT2D eigenvalue weighted by atomic mass is 10.1. The first kappa shape index (κ1) is 24.0. The fourth-order valence-electron chi connectivity index (χ4n) is 3.29. The van der Waals surface area contributed by atoms with Gasteiger partial charge in [-0.15, -0.1) is 11.3 Å². The summed E-state index contributed by atoms with van der Waals surface area (Å²) in [7, 11) is 1.59. The number of methoxy groups -OCH3 is 1. The Morgan fingerprint density at radius 3 is 2.54 bits per heavy atom. The highest BCUT2D eigenvalue weighted by atomic mass is 32.1. The van der Waals surface area contributed by atoms with Gasteiger partial charge in [-0.25, -0.2) is 10.4 Å². The van der Waals surface area contributed by atoms with Crippen LogP contribution in [0.3, 0.4) is 0 Å². The zero-order valence-corrected chi connectivity index (χ0v) is 20.6. The SMILES string of the molecule is CCOc1cc(C=NNC(=O)c2ccc(-c3csc(Nc4ccc(C)cc4)n3)cc2)ccc1OC. The van der Waals surface area contributed by atoms with Crippen LogP contribution in [0.15, 0.2) is 77.2 Å². The van der Waals surface area contributed by atoms with Crippen molar-refractivity contribution < 1.29 is 14.3 Å². The van der Waals surface area contributed by atoms with E-state index in [2.05, 4.69) is 39.9 Å². The van der Waals surface area contributed by atoms with E-state index < -0.39 is 0 Å². The zero-order chi connectivity index (χ0) is 24.6. The average molecular weight is 487 g/mol. The molecule has 0 fully saturated rings. The van der Waals surface area contributed by atoms with Crippen LogP contribution in [0.25, 0.3) is 11.3 Å². The van der Waals surface area contributed by atoms with Crippen molar-refractivity contribution in [2.75, 3.05) is 19.0 Å². The number of rotatable bonds is 9. The minimum absolute atomic E-state index is 0.300. The van der Waals surface area contributed by atoms with Gasteiger partial charge in [0, 0.05) is 22.2 Å². The lowest BCUT2D eigenvalue weighted by Gasteiger charge is -2.09. The molecule has 0 saturated heterocycles. The van der Waals surface area contributed by atoms with Crippen molar-refractivity contribution in [3.8, 4) is 22.8 Å². The van der Waals surface area contributed by atoms with Gasteiger partial charge in [0.05, 0.1) is 25.6 Å². The highest BCUT2D eigenvalue weighted by Crippen LogP contribution is 2.28. The number of ether oxygens (including phenoxy) is 2. The van der Waals surface area contributed by atoms with Gasteiger partial charge in [0.2, 0.25) is 0 Å². The van der Waals surface area contributed by atoms with Crippen LogP contribution in [0.5, 0.6) is 11.5 Å². The summed E-state index contributed by atoms with van der Waals surface area (Å²) in [4.78, 5) is 17.1. The molecular formula is C27H26N4O3S. The molecular weight excluding hydrogens is 460 g/mol. The lowest BCUT2D eigenvalue weighted by molar-refractivity contribution is 0.0955. The molecule has 0 aliphatic rings. The van der Waals surface area contributed by atoms with Crippen molar-refractivity contribution in [1.29, 1.82) is 0 Å². The molecule has 1 aromatic heterocycles. The fraction of sp³-hybridized carbons (Fsp3) is 0.148. The Morgan fingerprint density at radius 2 is 1.83 bits per heavy atom. The smallest absolute Gasteiger partial charge is 0.271 e. The first-order valence-electron chi connectivity index (χ1n) is 11.1. The van der Waals surface area contributed by atoms with Crippen molar-refractivity contribution in [3.63, 3.8) is 0 Å². The molecule has 8 heteroatoms. The molecule has 1 heterocycles. The molecule has 0 radical (unpaired) electrons. The van der Waals surface area contributed by atoms with Gasteiger partial charge in [-0.2, -0.15) is 5.10 Å². The van der Waals surface area contributed by atoms with Crippen molar-refractivity contribution in [3.05, 3.63) is 88.8 Å². The summed E-state index contributed by atoms with van der Waals surface area (Å²) in [6.45, 7) is 4.48. The molecule has 0 saturated carbocycles. The topological polar surface area (TPSA) is 84.8 Å². The maximum atomic E-state index is 12.5. The molecule has 4 rings (SSSR count). The molecule has 7 nitrogen and oxygen atoms in total. The predicted molar refractivity (Wildman–Crippen MR) is 141 cm³/mol. The quantitative estimate of drug-likeness (QED) is 0.223. The number of thiazole rings is 1. The maximum absolute atomic E-state index is 12.5. The van der Waals surface area contributed by atoms with Gasteiger partial charge >= 0.3 is 0 Å². The van der Waals surface area contributed by atoms with E-state index in [0.717, 1.165) is 27.6 Å². The Morgan fingerprint density at radius 1 is 1.06 bits per heavy atom.